The summed E-state index contributed by atoms with van der Waals surface area (Å²) in [5, 5.41) is 0. The standard InChI is InChI=1S/C17H28/c1-4-10-16-12-6-2-7-13-17(11-5-1)15-9-3-8-14-16/h4-5,10-11,16-17H,1-3,6-9,12-15H2/b10-4-,11-5-. The van der Waals surface area contributed by atoms with Gasteiger partial charge in [-0.2, -0.15) is 0 Å². The van der Waals surface area contributed by atoms with Gasteiger partial charge in [-0.3, -0.25) is 0 Å². The van der Waals surface area contributed by atoms with Crippen LogP contribution in [0.25, 0.3) is 0 Å². The van der Waals surface area contributed by atoms with Crippen LogP contribution in [0.3, 0.4) is 0 Å². The minimum absolute atomic E-state index is 0.873. The summed E-state index contributed by atoms with van der Waals surface area (Å²) < 4.78 is 0. The largest absolute Gasteiger partial charge is 0.0851 e. The number of allylic oxidation sites excluding steroid dienone is 4. The first kappa shape index (κ1) is 12.9. The summed E-state index contributed by atoms with van der Waals surface area (Å²) >= 11 is 0. The molecule has 0 atom stereocenters. The van der Waals surface area contributed by atoms with E-state index in [-0.39, 0.29) is 0 Å². The highest BCUT2D eigenvalue weighted by Crippen LogP contribution is 2.25. The molecule has 0 spiro atoms. The van der Waals surface area contributed by atoms with Crippen molar-refractivity contribution in [3.8, 4) is 0 Å². The van der Waals surface area contributed by atoms with E-state index in [0.29, 0.717) is 0 Å². The average Bonchev–Trinajstić information content (AvgIpc) is 2.29. The van der Waals surface area contributed by atoms with Crippen LogP contribution in [0.5, 0.6) is 0 Å². The fraction of sp³-hybridized carbons (Fsp3) is 0.765. The van der Waals surface area contributed by atoms with Crippen molar-refractivity contribution in [3.05, 3.63) is 24.3 Å². The van der Waals surface area contributed by atoms with E-state index in [0.717, 1.165) is 18.3 Å². The molecule has 1 saturated carbocycles. The first-order valence-electron chi connectivity index (χ1n) is 7.78. The van der Waals surface area contributed by atoms with Crippen molar-refractivity contribution in [2.45, 2.75) is 70.6 Å². The monoisotopic (exact) mass is 232 g/mol. The maximum atomic E-state index is 2.50. The highest BCUT2D eigenvalue weighted by Gasteiger charge is 2.10. The second-order valence-corrected chi connectivity index (χ2v) is 5.89. The Bertz CT molecular complexity index is 211. The van der Waals surface area contributed by atoms with Crippen LogP contribution < -0.4 is 0 Å². The molecule has 17 heavy (non-hydrogen) atoms. The highest BCUT2D eigenvalue weighted by atomic mass is 14.2. The first-order chi connectivity index (χ1) is 8.45. The number of hydrogen-bond acceptors (Lipinski definition) is 0. The predicted octanol–water partition coefficient (Wildman–Crippen LogP) is 5.65. The minimum Gasteiger partial charge on any atom is -0.0851 e. The molecule has 0 heteroatoms. The molecule has 0 aliphatic heterocycles. The molecule has 0 saturated heterocycles. The SMILES string of the molecule is C1=C\C2CCCCCC(/C=C\C/1)CCCCC2. The van der Waals surface area contributed by atoms with Gasteiger partial charge in [0.1, 0.15) is 0 Å². The molecule has 0 aromatic carbocycles. The smallest absolute Gasteiger partial charge is 0.0169 e. The molecule has 3 rings (SSSR count). The van der Waals surface area contributed by atoms with Crippen molar-refractivity contribution in [2.24, 2.45) is 11.8 Å². The molecule has 96 valence electrons. The van der Waals surface area contributed by atoms with Gasteiger partial charge in [-0.05, 0) is 43.9 Å². The Balaban J connectivity index is 2.03. The van der Waals surface area contributed by atoms with Gasteiger partial charge in [0, 0.05) is 0 Å². The maximum Gasteiger partial charge on any atom is -0.0169 e. The normalized spacial score (nSPS) is 35.8. The van der Waals surface area contributed by atoms with Gasteiger partial charge in [0.05, 0.1) is 0 Å². The van der Waals surface area contributed by atoms with E-state index in [2.05, 4.69) is 24.3 Å². The van der Waals surface area contributed by atoms with E-state index in [1.165, 1.54) is 64.2 Å². The van der Waals surface area contributed by atoms with Gasteiger partial charge in [-0.15, -0.1) is 0 Å². The Hall–Kier alpha value is -0.520. The van der Waals surface area contributed by atoms with E-state index in [9.17, 15) is 0 Å². The predicted molar refractivity (Wildman–Crippen MR) is 76.0 cm³/mol. The zero-order valence-electron chi connectivity index (χ0n) is 11.2. The Morgan fingerprint density at radius 1 is 0.529 bits per heavy atom. The third-order valence-corrected chi connectivity index (χ3v) is 4.39. The molecule has 0 aromatic rings. The van der Waals surface area contributed by atoms with Crippen molar-refractivity contribution >= 4 is 0 Å². The summed E-state index contributed by atoms with van der Waals surface area (Å²) in [6, 6.07) is 0. The van der Waals surface area contributed by atoms with Crippen LogP contribution in [-0.2, 0) is 0 Å². The molecule has 0 amide bonds. The summed E-state index contributed by atoms with van der Waals surface area (Å²) in [6.07, 6.45) is 25.4. The minimum atomic E-state index is 0.873. The molecule has 0 heterocycles. The molecule has 0 aromatic heterocycles. The van der Waals surface area contributed by atoms with E-state index < -0.39 is 0 Å². The van der Waals surface area contributed by atoms with E-state index >= 15 is 0 Å². The van der Waals surface area contributed by atoms with E-state index in [1.54, 1.807) is 0 Å². The summed E-state index contributed by atoms with van der Waals surface area (Å²) in [5.74, 6) is 1.75. The zero-order chi connectivity index (χ0) is 11.8. The zero-order valence-corrected chi connectivity index (χ0v) is 11.2. The molecule has 0 unspecified atom stereocenters. The third kappa shape index (κ3) is 5.10. The fourth-order valence-corrected chi connectivity index (χ4v) is 3.27. The summed E-state index contributed by atoms with van der Waals surface area (Å²) in [6.45, 7) is 0. The van der Waals surface area contributed by atoms with Crippen LogP contribution in [0.4, 0.5) is 0 Å². The lowest BCUT2D eigenvalue weighted by molar-refractivity contribution is 0.418. The molecule has 0 radical (unpaired) electrons. The Kier molecular flexibility index (Phi) is 5.88. The number of fused-ring (bicyclic) bond motifs is 10. The topological polar surface area (TPSA) is 0 Å². The second kappa shape index (κ2) is 7.74. The molecule has 2 bridgehead atoms. The maximum absolute atomic E-state index is 2.50. The highest BCUT2D eigenvalue weighted by molar-refractivity contribution is 4.98. The first-order valence-corrected chi connectivity index (χ1v) is 7.78. The Morgan fingerprint density at radius 3 is 1.35 bits per heavy atom. The quantitative estimate of drug-likeness (QED) is 0.473. The van der Waals surface area contributed by atoms with Crippen LogP contribution in [0.15, 0.2) is 24.3 Å². The molecular weight excluding hydrogens is 204 g/mol. The van der Waals surface area contributed by atoms with Crippen molar-refractivity contribution in [1.29, 1.82) is 0 Å². The number of hydrogen-bond donors (Lipinski definition) is 0. The van der Waals surface area contributed by atoms with Crippen LogP contribution in [0.1, 0.15) is 70.6 Å². The Labute approximate surface area is 107 Å². The molecule has 3 aliphatic rings. The van der Waals surface area contributed by atoms with Crippen molar-refractivity contribution < 1.29 is 0 Å². The molecule has 0 N–H and O–H groups in total. The molecule has 3 aliphatic carbocycles. The lowest BCUT2D eigenvalue weighted by Crippen LogP contribution is -2.02. The van der Waals surface area contributed by atoms with Crippen LogP contribution in [0, 0.1) is 11.8 Å². The fourth-order valence-electron chi connectivity index (χ4n) is 3.27. The molecule has 1 fully saturated rings. The van der Waals surface area contributed by atoms with Crippen LogP contribution in [-0.4, -0.2) is 0 Å². The van der Waals surface area contributed by atoms with Gasteiger partial charge < -0.3 is 0 Å². The van der Waals surface area contributed by atoms with Crippen molar-refractivity contribution in [2.75, 3.05) is 0 Å². The van der Waals surface area contributed by atoms with Gasteiger partial charge in [-0.25, -0.2) is 0 Å². The number of rotatable bonds is 0. The summed E-state index contributed by atoms with van der Waals surface area (Å²) in [5.41, 5.74) is 0. The summed E-state index contributed by atoms with van der Waals surface area (Å²) in [4.78, 5) is 0. The average molecular weight is 232 g/mol. The lowest BCUT2D eigenvalue weighted by atomic mass is 9.88. The van der Waals surface area contributed by atoms with Crippen molar-refractivity contribution in [1.82, 2.24) is 0 Å². The third-order valence-electron chi connectivity index (χ3n) is 4.39. The van der Waals surface area contributed by atoms with Crippen LogP contribution >= 0.6 is 0 Å². The van der Waals surface area contributed by atoms with Gasteiger partial charge >= 0.3 is 0 Å². The Morgan fingerprint density at radius 2 is 0.941 bits per heavy atom. The van der Waals surface area contributed by atoms with Gasteiger partial charge in [0.25, 0.3) is 0 Å². The second-order valence-electron chi connectivity index (χ2n) is 5.89. The summed E-state index contributed by atoms with van der Waals surface area (Å²) in [7, 11) is 0. The van der Waals surface area contributed by atoms with Crippen molar-refractivity contribution in [3.63, 3.8) is 0 Å². The van der Waals surface area contributed by atoms with Gasteiger partial charge in [-0.1, -0.05) is 62.8 Å². The van der Waals surface area contributed by atoms with Crippen LogP contribution in [0.2, 0.25) is 0 Å². The molecule has 0 nitrogen and oxygen atoms in total. The lowest BCUT2D eigenvalue weighted by Gasteiger charge is -2.18. The van der Waals surface area contributed by atoms with E-state index in [1.807, 2.05) is 0 Å². The molecular formula is C17H28. The van der Waals surface area contributed by atoms with E-state index in [4.69, 9.17) is 0 Å². The van der Waals surface area contributed by atoms with Gasteiger partial charge in [0.15, 0.2) is 0 Å². The van der Waals surface area contributed by atoms with Gasteiger partial charge in [0.2, 0.25) is 0 Å².